The van der Waals surface area contributed by atoms with Crippen LogP contribution in [0.3, 0.4) is 0 Å². The van der Waals surface area contributed by atoms with E-state index in [9.17, 15) is 54.9 Å². The van der Waals surface area contributed by atoms with Gasteiger partial charge in [-0.1, -0.05) is 84.0 Å². The van der Waals surface area contributed by atoms with E-state index in [2.05, 4.69) is 0 Å². The molecule has 17 heteroatoms. The molecule has 0 spiro atoms. The number of ether oxygens (including phenoxy) is 6. The Balaban J connectivity index is 0.000000244. The lowest BCUT2D eigenvalue weighted by atomic mass is 9.99. The van der Waals surface area contributed by atoms with Crippen LogP contribution in [-0.4, -0.2) is 136 Å². The molecular formula is C58H72O17. The predicted octanol–water partition coefficient (Wildman–Crippen LogP) is 8.24. The van der Waals surface area contributed by atoms with E-state index in [1.807, 2.05) is 39.0 Å². The van der Waals surface area contributed by atoms with Crippen molar-refractivity contribution >= 4 is 56.2 Å². The lowest BCUT2D eigenvalue weighted by Gasteiger charge is -2.13. The van der Waals surface area contributed by atoms with Crippen molar-refractivity contribution in [3.05, 3.63) is 125 Å². The highest BCUT2D eigenvalue weighted by Crippen LogP contribution is 2.30. The number of aromatic hydroxyl groups is 1. The number of phenols is 1. The molecule has 0 heterocycles. The summed E-state index contributed by atoms with van der Waals surface area (Å²) in [6, 6.07) is 29.0. The topological polar surface area (TPSA) is 265 Å². The number of aliphatic hydroxyl groups excluding tert-OH is 6. The van der Waals surface area contributed by atoms with Gasteiger partial charge in [0.25, 0.3) is 0 Å². The van der Waals surface area contributed by atoms with Gasteiger partial charge in [-0.2, -0.15) is 0 Å². The second-order valence-electron chi connectivity index (χ2n) is 17.7. The Morgan fingerprint density at radius 1 is 0.373 bits per heavy atom. The fraction of sp³-hybridized carbons (Fsp3) is 0.414. The molecule has 0 aliphatic carbocycles. The number of carbonyl (C=O) groups excluding carboxylic acids is 4. The summed E-state index contributed by atoms with van der Waals surface area (Å²) >= 11 is 0. The van der Waals surface area contributed by atoms with E-state index in [0.717, 1.165) is 16.2 Å². The van der Waals surface area contributed by atoms with E-state index in [1.165, 1.54) is 24.3 Å². The molecule has 406 valence electrons. The first-order valence-electron chi connectivity index (χ1n) is 25.3. The maximum atomic E-state index is 12.3. The molecule has 6 atom stereocenters. The monoisotopic (exact) mass is 1040 g/mol. The second kappa shape index (κ2) is 31.1. The van der Waals surface area contributed by atoms with Gasteiger partial charge in [-0.05, 0) is 132 Å². The maximum absolute atomic E-state index is 12.3. The normalized spacial score (nSPS) is 13.4. The number of hydrogen-bond donors (Lipinski definition) is 7. The van der Waals surface area contributed by atoms with Crippen molar-refractivity contribution in [3.8, 4) is 17.2 Å². The third-order valence-corrected chi connectivity index (χ3v) is 11.9. The number of benzene rings is 6. The van der Waals surface area contributed by atoms with Gasteiger partial charge in [0.05, 0.1) is 53.3 Å². The van der Waals surface area contributed by atoms with Crippen molar-refractivity contribution in [3.63, 3.8) is 0 Å². The molecule has 6 unspecified atom stereocenters. The molecule has 0 saturated carbocycles. The fourth-order valence-corrected chi connectivity index (χ4v) is 6.71. The Morgan fingerprint density at radius 2 is 0.720 bits per heavy atom. The summed E-state index contributed by atoms with van der Waals surface area (Å²) in [5.41, 5.74) is 1.10. The van der Waals surface area contributed by atoms with Crippen molar-refractivity contribution in [1.82, 2.24) is 0 Å². The van der Waals surface area contributed by atoms with Gasteiger partial charge in [0.1, 0.15) is 62.5 Å². The average Bonchev–Trinajstić information content (AvgIpc) is 3.44. The summed E-state index contributed by atoms with van der Waals surface area (Å²) in [7, 11) is 0. The minimum absolute atomic E-state index is 0.0000959. The Hall–Kier alpha value is -6.86. The molecule has 0 aliphatic heterocycles. The number of rotatable bonds is 24. The minimum Gasteiger partial charge on any atom is -0.507 e. The maximum Gasteiger partial charge on any atom is 0.342 e. The van der Waals surface area contributed by atoms with Crippen LogP contribution < -0.4 is 9.47 Å². The third kappa shape index (κ3) is 19.1. The standard InChI is InChI=1S/C20H24O6.C19H24O6.C19H24O5/c1-3-13(21)11-25-19(23)17-9-10-18(16-8-6-5-7-15(16)17)20(24)26-12-14(22)4-2;1-3-14(20)10-24-16-6-5-12-9-18(22)17(8-13(12)7-16)19(23)25-11-15(21)4-2;1-3-16(20)11-23-18-8-7-13-9-15(6-5-14(13)10-18)19(22)24-12-17(21)4-2/h5-10,13-14,21-22H,3-4,11-12H2,1-2H3;5-9,14-15,20-22H,3-4,10-11H2,1-2H3;5-10,16-17,20-21H,3-4,11-12H2,1-2H3. The van der Waals surface area contributed by atoms with Crippen LogP contribution in [0.1, 0.15) is 121 Å². The molecule has 0 saturated heterocycles. The highest BCUT2D eigenvalue weighted by molar-refractivity contribution is 6.11. The lowest BCUT2D eigenvalue weighted by molar-refractivity contribution is 0.0245. The smallest absolute Gasteiger partial charge is 0.342 e. The predicted molar refractivity (Wildman–Crippen MR) is 283 cm³/mol. The number of phenolic OH excluding ortho intramolecular Hbond substituents is 1. The number of esters is 4. The molecule has 6 aromatic carbocycles. The van der Waals surface area contributed by atoms with Crippen molar-refractivity contribution in [2.45, 2.75) is 117 Å². The Labute approximate surface area is 437 Å². The van der Waals surface area contributed by atoms with Crippen LogP contribution >= 0.6 is 0 Å². The van der Waals surface area contributed by atoms with E-state index in [4.69, 9.17) is 28.4 Å². The van der Waals surface area contributed by atoms with Crippen LogP contribution in [0.5, 0.6) is 17.2 Å². The highest BCUT2D eigenvalue weighted by Gasteiger charge is 2.20. The number of aliphatic hydroxyl groups is 6. The van der Waals surface area contributed by atoms with E-state index < -0.39 is 60.5 Å². The van der Waals surface area contributed by atoms with Crippen LogP contribution in [0.4, 0.5) is 0 Å². The Morgan fingerprint density at radius 3 is 1.15 bits per heavy atom. The quantitative estimate of drug-likeness (QED) is 0.0222. The van der Waals surface area contributed by atoms with Crippen LogP contribution in [0, 0.1) is 0 Å². The Kier molecular flexibility index (Phi) is 25.2. The molecule has 0 bridgehead atoms. The largest absolute Gasteiger partial charge is 0.507 e. The van der Waals surface area contributed by atoms with E-state index in [0.29, 0.717) is 82.9 Å². The fourth-order valence-electron chi connectivity index (χ4n) is 6.71. The molecule has 6 aromatic rings. The molecule has 0 aliphatic rings. The van der Waals surface area contributed by atoms with Gasteiger partial charge >= 0.3 is 23.9 Å². The molecule has 17 nitrogen and oxygen atoms in total. The molecule has 0 amide bonds. The van der Waals surface area contributed by atoms with Crippen molar-refractivity contribution in [2.24, 2.45) is 0 Å². The van der Waals surface area contributed by atoms with E-state index in [-0.39, 0.29) is 51.0 Å². The van der Waals surface area contributed by atoms with Crippen molar-refractivity contribution in [1.29, 1.82) is 0 Å². The van der Waals surface area contributed by atoms with Crippen LogP contribution in [0.25, 0.3) is 32.3 Å². The van der Waals surface area contributed by atoms with Crippen LogP contribution in [0.2, 0.25) is 0 Å². The minimum atomic E-state index is -0.725. The van der Waals surface area contributed by atoms with E-state index >= 15 is 0 Å². The van der Waals surface area contributed by atoms with Gasteiger partial charge in [-0.15, -0.1) is 0 Å². The number of fused-ring (bicyclic) bond motifs is 3. The summed E-state index contributed by atoms with van der Waals surface area (Å²) in [5.74, 6) is -1.21. The summed E-state index contributed by atoms with van der Waals surface area (Å²) in [6.07, 6.45) is -0.542. The van der Waals surface area contributed by atoms with E-state index in [1.54, 1.807) is 81.4 Å². The third-order valence-electron chi connectivity index (χ3n) is 11.9. The van der Waals surface area contributed by atoms with Gasteiger partial charge in [0.15, 0.2) is 0 Å². The highest BCUT2D eigenvalue weighted by atomic mass is 16.6. The first-order chi connectivity index (χ1) is 35.9. The zero-order valence-corrected chi connectivity index (χ0v) is 43.5. The van der Waals surface area contributed by atoms with Gasteiger partial charge < -0.3 is 64.2 Å². The molecule has 7 N–H and O–H groups in total. The summed E-state index contributed by atoms with van der Waals surface area (Å²) in [6.45, 7) is 11.1. The molecule has 0 radical (unpaired) electrons. The molecule has 0 aromatic heterocycles. The molecule has 0 fully saturated rings. The van der Waals surface area contributed by atoms with Crippen molar-refractivity contribution < 1.29 is 83.3 Å². The first kappa shape index (κ1) is 60.7. The van der Waals surface area contributed by atoms with Gasteiger partial charge in [0.2, 0.25) is 0 Å². The Bertz CT molecular complexity index is 2710. The van der Waals surface area contributed by atoms with Gasteiger partial charge in [-0.3, -0.25) is 0 Å². The summed E-state index contributed by atoms with van der Waals surface area (Å²) in [5, 5.41) is 71.6. The molecular weight excluding hydrogens is 969 g/mol. The first-order valence-corrected chi connectivity index (χ1v) is 25.3. The average molecular weight is 1040 g/mol. The molecule has 75 heavy (non-hydrogen) atoms. The second-order valence-corrected chi connectivity index (χ2v) is 17.7. The zero-order valence-electron chi connectivity index (χ0n) is 43.5. The van der Waals surface area contributed by atoms with Crippen LogP contribution in [0.15, 0.2) is 103 Å². The van der Waals surface area contributed by atoms with Gasteiger partial charge in [0, 0.05) is 0 Å². The molecule has 6 rings (SSSR count). The lowest BCUT2D eigenvalue weighted by Crippen LogP contribution is -2.19. The summed E-state index contributed by atoms with van der Waals surface area (Å²) < 4.78 is 31.5. The zero-order chi connectivity index (χ0) is 55.0. The SMILES string of the molecule is CCC(O)COC(=O)c1cc2cc(OCC(O)CC)ccc2cc1O.CCC(O)COC(=O)c1ccc(C(=O)OCC(O)CC)c2ccccc12.CCC(O)COC(=O)c1ccc2cc(OCC(O)CC)ccc2c1. The number of carbonyl (C=O) groups is 4. The van der Waals surface area contributed by atoms with Gasteiger partial charge in [-0.25, -0.2) is 19.2 Å². The number of hydrogen-bond acceptors (Lipinski definition) is 17. The van der Waals surface area contributed by atoms with Crippen LogP contribution in [-0.2, 0) is 18.9 Å². The van der Waals surface area contributed by atoms with Crippen molar-refractivity contribution in [2.75, 3.05) is 39.6 Å². The summed E-state index contributed by atoms with van der Waals surface area (Å²) in [4.78, 5) is 48.8.